The lowest BCUT2D eigenvalue weighted by Gasteiger charge is -2.24. The van der Waals surface area contributed by atoms with Crippen molar-refractivity contribution in [2.75, 3.05) is 30.2 Å². The van der Waals surface area contributed by atoms with E-state index in [0.717, 1.165) is 0 Å². The second-order valence-electron chi connectivity index (χ2n) is 7.00. The number of nitrogens with zero attached hydrogens (tertiary/aromatic N) is 1. The highest BCUT2D eigenvalue weighted by atomic mass is 16.5. The van der Waals surface area contributed by atoms with E-state index in [0.29, 0.717) is 22.9 Å². The summed E-state index contributed by atoms with van der Waals surface area (Å²) >= 11 is 0. The van der Waals surface area contributed by atoms with E-state index in [1.165, 1.54) is 14.2 Å². The van der Waals surface area contributed by atoms with Gasteiger partial charge in [-0.05, 0) is 24.3 Å². The number of nitrogens with one attached hydrogen (secondary N) is 4. The predicted octanol–water partition coefficient (Wildman–Crippen LogP) is 2.60. The normalized spacial score (nSPS) is 14.7. The number of carbonyl (C=O) groups is 2. The Morgan fingerprint density at radius 2 is 1.62 bits per heavy atom. The van der Waals surface area contributed by atoms with Gasteiger partial charge in [-0.3, -0.25) is 19.4 Å². The Balaban J connectivity index is 1.66. The molecule has 0 spiro atoms. The molecule has 0 bridgehead atoms. The minimum Gasteiger partial charge on any atom is -0.495 e. The van der Waals surface area contributed by atoms with Gasteiger partial charge in [-0.15, -0.1) is 0 Å². The van der Waals surface area contributed by atoms with Crippen molar-refractivity contribution in [2.45, 2.75) is 12.3 Å². The summed E-state index contributed by atoms with van der Waals surface area (Å²) < 4.78 is 10.5. The van der Waals surface area contributed by atoms with Gasteiger partial charge in [0.1, 0.15) is 17.3 Å². The van der Waals surface area contributed by atoms with Gasteiger partial charge >= 0.3 is 0 Å². The molecule has 4 rings (SSSR count). The van der Waals surface area contributed by atoms with Crippen molar-refractivity contribution in [1.29, 1.82) is 0 Å². The number of methoxy groups -OCH3 is 2. The third kappa shape index (κ3) is 4.10. The van der Waals surface area contributed by atoms with Gasteiger partial charge in [0.25, 0.3) is 5.56 Å². The van der Waals surface area contributed by atoms with E-state index in [2.05, 4.69) is 25.9 Å². The first-order chi connectivity index (χ1) is 15.5. The van der Waals surface area contributed by atoms with E-state index in [9.17, 15) is 14.4 Å². The maximum Gasteiger partial charge on any atom is 0.258 e. The summed E-state index contributed by atoms with van der Waals surface area (Å²) in [5.41, 5.74) is 0.562. The Bertz CT molecular complexity index is 1240. The Kier molecular flexibility index (Phi) is 5.75. The monoisotopic (exact) mass is 435 g/mol. The fourth-order valence-corrected chi connectivity index (χ4v) is 3.50. The molecule has 4 N–H and O–H groups in total. The number of rotatable bonds is 6. The molecule has 1 aliphatic rings. The van der Waals surface area contributed by atoms with Crippen molar-refractivity contribution >= 4 is 35.0 Å². The van der Waals surface area contributed by atoms with E-state index >= 15 is 0 Å². The van der Waals surface area contributed by atoms with Crippen LogP contribution in [0.25, 0.3) is 0 Å². The van der Waals surface area contributed by atoms with E-state index in [-0.39, 0.29) is 23.8 Å². The lowest BCUT2D eigenvalue weighted by molar-refractivity contribution is -0.123. The standard InChI is InChI=1S/C22H21N5O5/c1-31-15-9-5-3-7-13(15)23-20(29)12-11-17(28)25-19-18(12)21(30)27-22(26-19)24-14-8-4-6-10-16(14)32-2/h3-10,12H,11H2,1-2H3,(H,23,29)(H3,24,25,26,27,28,30). The van der Waals surface area contributed by atoms with Gasteiger partial charge in [-0.25, -0.2) is 0 Å². The Morgan fingerprint density at radius 3 is 2.31 bits per heavy atom. The summed E-state index contributed by atoms with van der Waals surface area (Å²) in [6.07, 6.45) is -0.183. The molecule has 0 aliphatic carbocycles. The van der Waals surface area contributed by atoms with Crippen molar-refractivity contribution in [2.24, 2.45) is 0 Å². The molecule has 0 saturated heterocycles. The zero-order valence-corrected chi connectivity index (χ0v) is 17.4. The van der Waals surface area contributed by atoms with E-state index in [1.807, 2.05) is 0 Å². The van der Waals surface area contributed by atoms with Crippen molar-refractivity contribution in [1.82, 2.24) is 9.97 Å². The molecule has 3 aromatic rings. The number of fused-ring (bicyclic) bond motifs is 1. The van der Waals surface area contributed by atoms with Crippen LogP contribution < -0.4 is 31.0 Å². The summed E-state index contributed by atoms with van der Waals surface area (Å²) in [6, 6.07) is 14.0. The van der Waals surface area contributed by atoms with Crippen LogP contribution in [0.3, 0.4) is 0 Å². The number of carbonyl (C=O) groups excluding carboxylic acids is 2. The number of amides is 2. The van der Waals surface area contributed by atoms with Crippen LogP contribution in [-0.2, 0) is 9.59 Å². The van der Waals surface area contributed by atoms with Crippen molar-refractivity contribution in [3.63, 3.8) is 0 Å². The third-order valence-corrected chi connectivity index (χ3v) is 4.99. The summed E-state index contributed by atoms with van der Waals surface area (Å²) in [5, 5.41) is 8.28. The smallest absolute Gasteiger partial charge is 0.258 e. The van der Waals surface area contributed by atoms with Crippen LogP contribution in [0.5, 0.6) is 11.5 Å². The maximum atomic E-state index is 13.0. The van der Waals surface area contributed by atoms with Crippen molar-refractivity contribution in [3.8, 4) is 11.5 Å². The molecule has 32 heavy (non-hydrogen) atoms. The zero-order valence-electron chi connectivity index (χ0n) is 17.4. The highest BCUT2D eigenvalue weighted by Gasteiger charge is 2.35. The van der Waals surface area contributed by atoms with Gasteiger partial charge in [-0.2, -0.15) is 4.98 Å². The highest BCUT2D eigenvalue weighted by molar-refractivity contribution is 6.05. The number of aromatic amines is 1. The predicted molar refractivity (Wildman–Crippen MR) is 119 cm³/mol. The maximum absolute atomic E-state index is 13.0. The van der Waals surface area contributed by atoms with Crippen molar-refractivity contribution < 1.29 is 19.1 Å². The summed E-state index contributed by atoms with van der Waals surface area (Å²) in [4.78, 5) is 45.1. The van der Waals surface area contributed by atoms with Crippen LogP contribution >= 0.6 is 0 Å². The van der Waals surface area contributed by atoms with E-state index < -0.39 is 23.3 Å². The molecule has 1 atom stereocenters. The summed E-state index contributed by atoms with van der Waals surface area (Å²) in [6.45, 7) is 0. The quantitative estimate of drug-likeness (QED) is 0.467. The second kappa shape index (κ2) is 8.80. The number of hydrogen-bond acceptors (Lipinski definition) is 7. The van der Waals surface area contributed by atoms with Gasteiger partial charge in [0.15, 0.2) is 0 Å². The fourth-order valence-electron chi connectivity index (χ4n) is 3.50. The van der Waals surface area contributed by atoms with Gasteiger partial charge in [0.05, 0.1) is 37.1 Å². The molecule has 164 valence electrons. The van der Waals surface area contributed by atoms with Gasteiger partial charge in [-0.1, -0.05) is 24.3 Å². The molecular weight excluding hydrogens is 414 g/mol. The molecule has 10 nitrogen and oxygen atoms in total. The van der Waals surface area contributed by atoms with Crippen molar-refractivity contribution in [3.05, 3.63) is 64.4 Å². The van der Waals surface area contributed by atoms with Gasteiger partial charge in [0.2, 0.25) is 17.8 Å². The average molecular weight is 435 g/mol. The molecule has 2 aromatic carbocycles. The highest BCUT2D eigenvalue weighted by Crippen LogP contribution is 2.32. The van der Waals surface area contributed by atoms with Crippen LogP contribution in [-0.4, -0.2) is 36.0 Å². The first kappa shape index (κ1) is 20.9. The summed E-state index contributed by atoms with van der Waals surface area (Å²) in [5.74, 6) is -0.801. The molecule has 1 aliphatic heterocycles. The second-order valence-corrected chi connectivity index (χ2v) is 7.00. The number of anilines is 4. The number of aromatic nitrogens is 2. The number of H-pyrrole nitrogens is 1. The number of benzene rings is 2. The zero-order chi connectivity index (χ0) is 22.7. The third-order valence-electron chi connectivity index (χ3n) is 4.99. The van der Waals surface area contributed by atoms with Gasteiger partial charge in [0, 0.05) is 6.42 Å². The molecule has 0 fully saturated rings. The van der Waals surface area contributed by atoms with Crippen LogP contribution in [0, 0.1) is 0 Å². The molecule has 0 saturated carbocycles. The minimum atomic E-state index is -1.01. The van der Waals surface area contributed by atoms with E-state index in [4.69, 9.17) is 9.47 Å². The Morgan fingerprint density at radius 1 is 1.00 bits per heavy atom. The molecule has 1 unspecified atom stereocenters. The number of para-hydroxylation sites is 4. The lowest BCUT2D eigenvalue weighted by atomic mass is 9.92. The van der Waals surface area contributed by atoms with Crippen LogP contribution in [0.4, 0.5) is 23.1 Å². The number of hydrogen-bond donors (Lipinski definition) is 4. The first-order valence-corrected chi connectivity index (χ1v) is 9.78. The number of ether oxygens (including phenoxy) is 2. The SMILES string of the molecule is COc1ccccc1NC(=O)C1CC(=O)Nc2nc(Nc3ccccc3OC)[nH]c(=O)c21. The van der Waals surface area contributed by atoms with Crippen LogP contribution in [0.1, 0.15) is 17.9 Å². The molecule has 10 heteroatoms. The van der Waals surface area contributed by atoms with E-state index in [1.54, 1.807) is 48.5 Å². The topological polar surface area (TPSA) is 134 Å². The average Bonchev–Trinajstić information content (AvgIpc) is 2.79. The Labute approximate surface area is 183 Å². The fraction of sp³-hybridized carbons (Fsp3) is 0.182. The molecular formula is C22H21N5O5. The minimum absolute atomic E-state index is 0.0302. The van der Waals surface area contributed by atoms with Gasteiger partial charge < -0.3 is 25.4 Å². The molecule has 1 aromatic heterocycles. The van der Waals surface area contributed by atoms with Crippen LogP contribution in [0.2, 0.25) is 0 Å². The summed E-state index contributed by atoms with van der Waals surface area (Å²) in [7, 11) is 3.01. The Hall–Kier alpha value is -4.34. The molecule has 2 heterocycles. The first-order valence-electron chi connectivity index (χ1n) is 9.78. The van der Waals surface area contributed by atoms with Crippen LogP contribution in [0.15, 0.2) is 53.3 Å². The lowest BCUT2D eigenvalue weighted by Crippen LogP contribution is -2.36. The largest absolute Gasteiger partial charge is 0.495 e. The molecule has 2 amide bonds. The molecule has 0 radical (unpaired) electrons.